The molecular formula is C12H8ClNO4S. The Morgan fingerprint density at radius 1 is 1.00 bits per heavy atom. The van der Waals surface area contributed by atoms with Crippen LogP contribution in [0.5, 0.6) is 0 Å². The van der Waals surface area contributed by atoms with Crippen molar-refractivity contribution in [3.63, 3.8) is 0 Å². The van der Waals surface area contributed by atoms with Crippen molar-refractivity contribution in [3.05, 3.63) is 58.6 Å². The van der Waals surface area contributed by atoms with E-state index in [1.165, 1.54) is 30.3 Å². The molecule has 0 fully saturated rings. The molecule has 0 bridgehead atoms. The molecular weight excluding hydrogens is 290 g/mol. The zero-order chi connectivity index (χ0) is 14.0. The first-order valence-corrected chi connectivity index (χ1v) is 7.49. The van der Waals surface area contributed by atoms with Crippen molar-refractivity contribution >= 4 is 25.4 Å². The van der Waals surface area contributed by atoms with E-state index in [-0.39, 0.29) is 10.6 Å². The second-order valence-electron chi connectivity index (χ2n) is 3.74. The van der Waals surface area contributed by atoms with E-state index in [0.717, 1.165) is 0 Å². The highest BCUT2D eigenvalue weighted by Gasteiger charge is 2.15. The monoisotopic (exact) mass is 297 g/mol. The zero-order valence-electron chi connectivity index (χ0n) is 9.49. The molecule has 0 saturated heterocycles. The van der Waals surface area contributed by atoms with Gasteiger partial charge in [0.05, 0.1) is 15.4 Å². The number of hydrogen-bond donors (Lipinski definition) is 0. The van der Waals surface area contributed by atoms with Crippen LogP contribution in [0.15, 0.2) is 53.4 Å². The standard InChI is InChI=1S/C12H8ClNO4S/c13-19(17,18)10-7-5-9(6-8-10)11-3-1-2-4-12(11)14(15)16/h1-8H. The quantitative estimate of drug-likeness (QED) is 0.495. The third-order valence-corrected chi connectivity index (χ3v) is 3.92. The van der Waals surface area contributed by atoms with Gasteiger partial charge in [-0.25, -0.2) is 8.42 Å². The van der Waals surface area contributed by atoms with E-state index in [0.29, 0.717) is 11.1 Å². The third kappa shape index (κ3) is 2.91. The lowest BCUT2D eigenvalue weighted by Gasteiger charge is -2.03. The number of nitro groups is 1. The SMILES string of the molecule is O=[N+]([O-])c1ccccc1-c1ccc(S(=O)(=O)Cl)cc1. The molecule has 19 heavy (non-hydrogen) atoms. The van der Waals surface area contributed by atoms with Crippen LogP contribution >= 0.6 is 10.7 Å². The average Bonchev–Trinajstić information content (AvgIpc) is 2.38. The Bertz CT molecular complexity index is 726. The lowest BCUT2D eigenvalue weighted by atomic mass is 10.0. The van der Waals surface area contributed by atoms with Gasteiger partial charge in [0.1, 0.15) is 0 Å². The first kappa shape index (κ1) is 13.5. The van der Waals surface area contributed by atoms with Crippen LogP contribution in [0.25, 0.3) is 11.1 Å². The van der Waals surface area contributed by atoms with Gasteiger partial charge in [-0.15, -0.1) is 0 Å². The Morgan fingerprint density at radius 3 is 2.11 bits per heavy atom. The summed E-state index contributed by atoms with van der Waals surface area (Å²) < 4.78 is 22.2. The van der Waals surface area contributed by atoms with Crippen LogP contribution in [0.3, 0.4) is 0 Å². The smallest absolute Gasteiger partial charge is 0.258 e. The molecule has 0 aromatic heterocycles. The molecule has 0 aliphatic rings. The molecule has 7 heteroatoms. The summed E-state index contributed by atoms with van der Waals surface area (Å²) in [6.45, 7) is 0. The molecule has 0 N–H and O–H groups in total. The highest BCUT2D eigenvalue weighted by Crippen LogP contribution is 2.30. The maximum Gasteiger partial charge on any atom is 0.277 e. The maximum absolute atomic E-state index is 11.1. The molecule has 0 spiro atoms. The third-order valence-electron chi connectivity index (χ3n) is 2.55. The number of para-hydroxylation sites is 1. The second kappa shape index (κ2) is 4.99. The van der Waals surface area contributed by atoms with Gasteiger partial charge in [0.25, 0.3) is 14.7 Å². The molecule has 0 aliphatic carbocycles. The summed E-state index contributed by atoms with van der Waals surface area (Å²) in [6.07, 6.45) is 0. The predicted octanol–water partition coefficient (Wildman–Crippen LogP) is 3.19. The average molecular weight is 298 g/mol. The van der Waals surface area contributed by atoms with Crippen molar-refractivity contribution in [2.45, 2.75) is 4.90 Å². The van der Waals surface area contributed by atoms with Crippen LogP contribution in [-0.2, 0) is 9.05 Å². The number of benzene rings is 2. The lowest BCUT2D eigenvalue weighted by molar-refractivity contribution is -0.384. The van der Waals surface area contributed by atoms with E-state index in [2.05, 4.69) is 0 Å². The number of nitro benzene ring substituents is 1. The van der Waals surface area contributed by atoms with Crippen LogP contribution in [0.4, 0.5) is 5.69 Å². The van der Waals surface area contributed by atoms with Gasteiger partial charge < -0.3 is 0 Å². The van der Waals surface area contributed by atoms with Gasteiger partial charge in [-0.1, -0.05) is 24.3 Å². The van der Waals surface area contributed by atoms with Gasteiger partial charge in [0.15, 0.2) is 0 Å². The number of hydrogen-bond acceptors (Lipinski definition) is 4. The number of halogens is 1. The first-order valence-electron chi connectivity index (χ1n) is 5.18. The van der Waals surface area contributed by atoms with Crippen molar-refractivity contribution < 1.29 is 13.3 Å². The fraction of sp³-hybridized carbons (Fsp3) is 0. The summed E-state index contributed by atoms with van der Waals surface area (Å²) in [6, 6.07) is 11.8. The van der Waals surface area contributed by atoms with E-state index in [9.17, 15) is 18.5 Å². The fourth-order valence-electron chi connectivity index (χ4n) is 1.67. The van der Waals surface area contributed by atoms with Crippen LogP contribution in [0.1, 0.15) is 0 Å². The highest BCUT2D eigenvalue weighted by atomic mass is 35.7. The molecule has 0 amide bonds. The lowest BCUT2D eigenvalue weighted by Crippen LogP contribution is -1.93. The number of rotatable bonds is 3. The highest BCUT2D eigenvalue weighted by molar-refractivity contribution is 8.13. The summed E-state index contributed by atoms with van der Waals surface area (Å²) >= 11 is 0. The van der Waals surface area contributed by atoms with Crippen LogP contribution in [-0.4, -0.2) is 13.3 Å². The van der Waals surface area contributed by atoms with E-state index in [1.54, 1.807) is 18.2 Å². The summed E-state index contributed by atoms with van der Waals surface area (Å²) in [5.41, 5.74) is 0.936. The van der Waals surface area contributed by atoms with Crippen LogP contribution in [0, 0.1) is 10.1 Å². The molecule has 0 atom stereocenters. The minimum absolute atomic E-state index is 0.0380. The Kier molecular flexibility index (Phi) is 3.55. The molecule has 2 aromatic carbocycles. The molecule has 0 unspecified atom stereocenters. The minimum atomic E-state index is -3.79. The molecule has 0 aliphatic heterocycles. The van der Waals surface area contributed by atoms with Crippen molar-refractivity contribution in [2.75, 3.05) is 0 Å². The van der Waals surface area contributed by atoms with Crippen LogP contribution < -0.4 is 0 Å². The van der Waals surface area contributed by atoms with Gasteiger partial charge in [-0.05, 0) is 23.8 Å². The Hall–Kier alpha value is -1.92. The van der Waals surface area contributed by atoms with E-state index >= 15 is 0 Å². The number of nitrogens with zero attached hydrogens (tertiary/aromatic N) is 1. The Labute approximate surface area is 114 Å². The Balaban J connectivity index is 2.52. The van der Waals surface area contributed by atoms with Gasteiger partial charge in [-0.2, -0.15) is 0 Å². The molecule has 0 radical (unpaired) electrons. The molecule has 2 rings (SSSR count). The van der Waals surface area contributed by atoms with Gasteiger partial charge in [0.2, 0.25) is 0 Å². The van der Waals surface area contributed by atoms with Gasteiger partial charge >= 0.3 is 0 Å². The largest absolute Gasteiger partial charge is 0.277 e. The summed E-state index contributed by atoms with van der Waals surface area (Å²) in [4.78, 5) is 10.4. The minimum Gasteiger partial charge on any atom is -0.258 e. The van der Waals surface area contributed by atoms with Gasteiger partial charge in [-0.3, -0.25) is 10.1 Å². The van der Waals surface area contributed by atoms with Crippen LogP contribution in [0.2, 0.25) is 0 Å². The van der Waals surface area contributed by atoms with Gasteiger partial charge in [0, 0.05) is 16.7 Å². The summed E-state index contributed by atoms with van der Waals surface area (Å²) in [7, 11) is 1.41. The maximum atomic E-state index is 11.1. The van der Waals surface area contributed by atoms with E-state index in [4.69, 9.17) is 10.7 Å². The Morgan fingerprint density at radius 2 is 1.58 bits per heavy atom. The topological polar surface area (TPSA) is 77.3 Å². The molecule has 98 valence electrons. The summed E-state index contributed by atoms with van der Waals surface area (Å²) in [5, 5.41) is 10.9. The van der Waals surface area contributed by atoms with Crippen molar-refractivity contribution in [1.29, 1.82) is 0 Å². The summed E-state index contributed by atoms with van der Waals surface area (Å²) in [5.74, 6) is 0. The predicted molar refractivity (Wildman–Crippen MR) is 71.6 cm³/mol. The van der Waals surface area contributed by atoms with E-state index in [1.807, 2.05) is 0 Å². The van der Waals surface area contributed by atoms with Crippen molar-refractivity contribution in [2.24, 2.45) is 0 Å². The second-order valence-corrected chi connectivity index (χ2v) is 6.30. The first-order chi connectivity index (χ1) is 8.89. The molecule has 2 aromatic rings. The van der Waals surface area contributed by atoms with Crippen molar-refractivity contribution in [3.8, 4) is 11.1 Å². The van der Waals surface area contributed by atoms with Crippen molar-refractivity contribution in [1.82, 2.24) is 0 Å². The van der Waals surface area contributed by atoms with E-state index < -0.39 is 14.0 Å². The molecule has 0 heterocycles. The molecule has 5 nitrogen and oxygen atoms in total. The zero-order valence-corrected chi connectivity index (χ0v) is 11.1. The fourth-order valence-corrected chi connectivity index (χ4v) is 2.44. The molecule has 0 saturated carbocycles. The normalized spacial score (nSPS) is 11.2.